The zero-order valence-corrected chi connectivity index (χ0v) is 17.5. The van der Waals surface area contributed by atoms with E-state index in [2.05, 4.69) is 10.1 Å². The monoisotopic (exact) mass is 451 g/mol. The molecule has 3 heterocycles. The molecule has 0 aliphatic carbocycles. The Morgan fingerprint density at radius 1 is 1.42 bits per heavy atom. The molecular weight excluding hydrogens is 430 g/mol. The predicted molar refractivity (Wildman–Crippen MR) is 106 cm³/mol. The maximum Gasteiger partial charge on any atom is 0.333 e. The topological polar surface area (TPSA) is 146 Å². The summed E-state index contributed by atoms with van der Waals surface area (Å²) in [6, 6.07) is 2.29. The van der Waals surface area contributed by atoms with Gasteiger partial charge in [-0.05, 0) is 19.9 Å². The van der Waals surface area contributed by atoms with Crippen LogP contribution in [0.2, 0.25) is 0 Å². The number of rotatable bonds is 7. The van der Waals surface area contributed by atoms with E-state index in [1.165, 1.54) is 16.7 Å². The van der Waals surface area contributed by atoms with Gasteiger partial charge in [-0.25, -0.2) is 4.79 Å². The zero-order valence-electron chi connectivity index (χ0n) is 16.7. The van der Waals surface area contributed by atoms with Crippen LogP contribution < -0.4 is 20.5 Å². The lowest BCUT2D eigenvalue weighted by Crippen LogP contribution is -2.71. The molecule has 0 aromatic heterocycles. The molecule has 2 unspecified atom stereocenters. The van der Waals surface area contributed by atoms with Crippen LogP contribution in [0, 0.1) is 0 Å². The number of amides is 2. The fourth-order valence-electron chi connectivity index (χ4n) is 3.91. The lowest BCUT2D eigenvalue weighted by molar-refractivity contribution is -0.173. The van der Waals surface area contributed by atoms with Crippen molar-refractivity contribution in [1.29, 1.82) is 0 Å². The normalized spacial score (nSPS) is 25.8. The number of carbonyl (C=O) groups is 4. The predicted octanol–water partition coefficient (Wildman–Crippen LogP) is -0.364. The summed E-state index contributed by atoms with van der Waals surface area (Å²) in [6.07, 6.45) is 0. The van der Waals surface area contributed by atoms with Crippen LogP contribution in [0.4, 0.5) is 0 Å². The third kappa shape index (κ3) is 3.55. The van der Waals surface area contributed by atoms with E-state index in [-0.39, 0.29) is 13.3 Å². The fourth-order valence-corrected chi connectivity index (χ4v) is 5.53. The molecule has 3 N–H and O–H groups in total. The SMILES string of the molecule is CC1(C)S[C@@H]2C(NC(=O)C(N)c3cccc4c3OCO4)C(=O)N2[C@H]1C(=O)OCOC=O. The lowest BCUT2D eigenvalue weighted by Gasteiger charge is -2.44. The van der Waals surface area contributed by atoms with Gasteiger partial charge in [0.25, 0.3) is 6.47 Å². The molecule has 166 valence electrons. The Hall–Kier alpha value is -2.99. The van der Waals surface area contributed by atoms with Crippen LogP contribution in [-0.2, 0) is 28.7 Å². The second kappa shape index (κ2) is 7.93. The molecule has 11 nitrogen and oxygen atoms in total. The average Bonchev–Trinajstić information content (AvgIpc) is 3.31. The van der Waals surface area contributed by atoms with Crippen molar-refractivity contribution in [3.63, 3.8) is 0 Å². The van der Waals surface area contributed by atoms with Crippen LogP contribution in [0.15, 0.2) is 18.2 Å². The number of carbonyl (C=O) groups excluding carboxylic acids is 4. The van der Waals surface area contributed by atoms with Gasteiger partial charge in [0, 0.05) is 10.3 Å². The van der Waals surface area contributed by atoms with Gasteiger partial charge in [0.15, 0.2) is 11.5 Å². The maximum absolute atomic E-state index is 12.8. The molecule has 0 spiro atoms. The molecule has 0 bridgehead atoms. The van der Waals surface area contributed by atoms with Gasteiger partial charge >= 0.3 is 5.97 Å². The number of benzene rings is 1. The van der Waals surface area contributed by atoms with E-state index >= 15 is 0 Å². The molecule has 4 rings (SSSR count). The van der Waals surface area contributed by atoms with E-state index in [0.717, 1.165) is 0 Å². The number of ether oxygens (including phenoxy) is 4. The molecule has 4 atom stereocenters. The van der Waals surface area contributed by atoms with E-state index in [0.29, 0.717) is 17.1 Å². The van der Waals surface area contributed by atoms with Gasteiger partial charge in [-0.1, -0.05) is 12.1 Å². The summed E-state index contributed by atoms with van der Waals surface area (Å²) >= 11 is 1.37. The number of nitrogens with one attached hydrogen (secondary N) is 1. The minimum absolute atomic E-state index is 0.0416. The summed E-state index contributed by atoms with van der Waals surface area (Å²) in [7, 11) is 0. The Bertz CT molecular complexity index is 939. The maximum atomic E-state index is 12.8. The van der Waals surface area contributed by atoms with Crippen LogP contribution in [0.25, 0.3) is 0 Å². The second-order valence-electron chi connectivity index (χ2n) is 7.65. The van der Waals surface area contributed by atoms with Crippen molar-refractivity contribution < 1.29 is 38.1 Å². The van der Waals surface area contributed by atoms with E-state index < -0.39 is 52.8 Å². The van der Waals surface area contributed by atoms with Gasteiger partial charge in [-0.15, -0.1) is 11.8 Å². The number of thioether (sulfide) groups is 1. The molecule has 31 heavy (non-hydrogen) atoms. The van der Waals surface area contributed by atoms with Crippen LogP contribution in [0.5, 0.6) is 11.5 Å². The Morgan fingerprint density at radius 2 is 2.19 bits per heavy atom. The van der Waals surface area contributed by atoms with Gasteiger partial charge < -0.3 is 34.9 Å². The quantitative estimate of drug-likeness (QED) is 0.185. The van der Waals surface area contributed by atoms with Crippen molar-refractivity contribution in [3.05, 3.63) is 23.8 Å². The average molecular weight is 451 g/mol. The highest BCUT2D eigenvalue weighted by molar-refractivity contribution is 8.01. The summed E-state index contributed by atoms with van der Waals surface area (Å²) < 4.78 is 19.3. The molecule has 3 aliphatic rings. The van der Waals surface area contributed by atoms with Gasteiger partial charge in [0.2, 0.25) is 25.4 Å². The molecule has 0 radical (unpaired) electrons. The molecular formula is C19H21N3O8S. The number of hydrogen-bond donors (Lipinski definition) is 2. The molecule has 12 heteroatoms. The lowest BCUT2D eigenvalue weighted by atomic mass is 9.95. The summed E-state index contributed by atoms with van der Waals surface area (Å²) in [5.74, 6) is -0.748. The van der Waals surface area contributed by atoms with Crippen LogP contribution >= 0.6 is 11.8 Å². The van der Waals surface area contributed by atoms with Crippen LogP contribution in [0.1, 0.15) is 25.5 Å². The number of hydrogen-bond acceptors (Lipinski definition) is 10. The third-order valence-electron chi connectivity index (χ3n) is 5.34. The van der Waals surface area contributed by atoms with Crippen LogP contribution in [-0.4, -0.2) is 64.9 Å². The Morgan fingerprint density at radius 3 is 2.94 bits per heavy atom. The van der Waals surface area contributed by atoms with Crippen molar-refractivity contribution in [1.82, 2.24) is 10.2 Å². The van der Waals surface area contributed by atoms with Gasteiger partial charge in [-0.3, -0.25) is 14.4 Å². The van der Waals surface area contributed by atoms with Gasteiger partial charge in [0.05, 0.1) is 0 Å². The first-order chi connectivity index (χ1) is 14.8. The summed E-state index contributed by atoms with van der Waals surface area (Å²) in [6.45, 7) is 3.26. The highest BCUT2D eigenvalue weighted by Crippen LogP contribution is 2.51. The third-order valence-corrected chi connectivity index (χ3v) is 6.92. The minimum atomic E-state index is -1.07. The van der Waals surface area contributed by atoms with E-state index in [9.17, 15) is 19.2 Å². The Balaban J connectivity index is 1.44. The molecule has 2 amide bonds. The van der Waals surface area contributed by atoms with E-state index in [4.69, 9.17) is 19.9 Å². The van der Waals surface area contributed by atoms with E-state index in [1.54, 1.807) is 32.0 Å². The number of nitrogens with two attached hydrogens (primary N) is 1. The first kappa shape index (κ1) is 21.2. The first-order valence-corrected chi connectivity index (χ1v) is 10.3. The number of β-lactam (4-membered cyclic amide) rings is 1. The highest BCUT2D eigenvalue weighted by atomic mass is 32.2. The molecule has 3 aliphatic heterocycles. The van der Waals surface area contributed by atoms with Crippen molar-refractivity contribution in [3.8, 4) is 11.5 Å². The summed E-state index contributed by atoms with van der Waals surface area (Å²) in [4.78, 5) is 49.6. The smallest absolute Gasteiger partial charge is 0.333 e. The molecule has 1 aromatic carbocycles. The fraction of sp³-hybridized carbons (Fsp3) is 0.474. The first-order valence-electron chi connectivity index (χ1n) is 9.42. The van der Waals surface area contributed by atoms with E-state index in [1.807, 2.05) is 0 Å². The number of nitrogens with zero attached hydrogens (tertiary/aromatic N) is 1. The molecule has 1 aromatic rings. The number of esters is 1. The molecule has 2 saturated heterocycles. The molecule has 0 saturated carbocycles. The number of para-hydroxylation sites is 1. The van der Waals surface area contributed by atoms with Crippen molar-refractivity contribution in [2.45, 2.75) is 42.1 Å². The summed E-state index contributed by atoms with van der Waals surface area (Å²) in [5, 5.41) is 2.23. The highest BCUT2D eigenvalue weighted by Gasteiger charge is 2.64. The standard InChI is InChI=1S/C19H21N3O8S/c1-19(2)14(18(26)30-7-27-6-23)22-16(25)12(17(22)31-19)21-15(24)11(20)9-4-3-5-10-13(9)29-8-28-10/h3-6,11-12,14,17H,7-8,20H2,1-2H3,(H,21,24)/t11?,12?,14-,17+/m0/s1. The second-order valence-corrected chi connectivity index (χ2v) is 9.42. The van der Waals surface area contributed by atoms with Crippen molar-refractivity contribution >= 4 is 36.0 Å². The molecule has 2 fully saturated rings. The number of fused-ring (bicyclic) bond motifs is 2. The van der Waals surface area contributed by atoms with Gasteiger partial charge in [0.1, 0.15) is 23.5 Å². The Labute approximate surface area is 181 Å². The van der Waals surface area contributed by atoms with Crippen molar-refractivity contribution in [2.24, 2.45) is 5.73 Å². The minimum Gasteiger partial charge on any atom is -0.454 e. The summed E-state index contributed by atoms with van der Waals surface area (Å²) in [5.41, 5.74) is 6.57. The van der Waals surface area contributed by atoms with Gasteiger partial charge in [-0.2, -0.15) is 0 Å². The van der Waals surface area contributed by atoms with Crippen LogP contribution in [0.3, 0.4) is 0 Å². The Kier molecular flexibility index (Phi) is 5.43. The zero-order chi connectivity index (χ0) is 22.3. The largest absolute Gasteiger partial charge is 0.454 e. The van der Waals surface area contributed by atoms with Crippen molar-refractivity contribution in [2.75, 3.05) is 13.6 Å².